The normalized spacial score (nSPS) is 22.5. The Morgan fingerprint density at radius 2 is 1.86 bits per heavy atom. The Labute approximate surface area is 208 Å². The van der Waals surface area contributed by atoms with Crippen LogP contribution in [0.5, 0.6) is 0 Å². The molecule has 1 aliphatic rings. The number of piperidine rings is 1. The molecule has 10 nitrogen and oxygen atoms in total. The fourth-order valence-electron chi connectivity index (χ4n) is 4.80. The molecule has 0 aliphatic carbocycles. The third-order valence-corrected chi connectivity index (χ3v) is 6.62. The number of methoxy groups -OCH3 is 1. The minimum absolute atomic E-state index is 0.224. The van der Waals surface area contributed by atoms with Crippen molar-refractivity contribution >= 4 is 22.9 Å². The summed E-state index contributed by atoms with van der Waals surface area (Å²) in [5.41, 5.74) is 2.44. The van der Waals surface area contributed by atoms with Crippen molar-refractivity contribution in [3.63, 3.8) is 0 Å². The average molecular weight is 489 g/mol. The number of benzene rings is 2. The number of nitrogens with zero attached hydrogens (tertiary/aromatic N) is 4. The first kappa shape index (κ1) is 24.0. The molecular weight excluding hydrogens is 460 g/mol. The number of likely N-dealkylation sites (tertiary alicyclic amines) is 1. The summed E-state index contributed by atoms with van der Waals surface area (Å²) in [5, 5.41) is 24.1. The zero-order chi connectivity index (χ0) is 25.1. The molecule has 3 heterocycles. The van der Waals surface area contributed by atoms with Crippen LogP contribution in [0, 0.1) is 0 Å². The number of aliphatic hydroxyl groups excluding tert-OH is 2. The van der Waals surface area contributed by atoms with E-state index >= 15 is 0 Å². The molecule has 1 amide bonds. The number of H-pyrrole nitrogens is 1. The molecule has 2 aromatic carbocycles. The lowest BCUT2D eigenvalue weighted by Crippen LogP contribution is -2.59. The third kappa shape index (κ3) is 4.71. The number of carbonyl (C=O) groups is 1. The van der Waals surface area contributed by atoms with Gasteiger partial charge in [-0.1, -0.05) is 48.5 Å². The van der Waals surface area contributed by atoms with Crippen LogP contribution in [-0.2, 0) is 11.3 Å². The average Bonchev–Trinajstić information content (AvgIpc) is 3.39. The largest absolute Gasteiger partial charge is 0.395 e. The van der Waals surface area contributed by atoms with Crippen LogP contribution in [0.15, 0.2) is 67.0 Å². The van der Waals surface area contributed by atoms with Crippen LogP contribution < -0.4 is 5.32 Å². The summed E-state index contributed by atoms with van der Waals surface area (Å²) in [6, 6.07) is 18.2. The summed E-state index contributed by atoms with van der Waals surface area (Å²) in [6.45, 7) is 0.730. The number of carbonyl (C=O) groups excluding carboxylic acids is 1. The maximum atomic E-state index is 12.9. The van der Waals surface area contributed by atoms with Gasteiger partial charge in [0.1, 0.15) is 11.3 Å². The van der Waals surface area contributed by atoms with Gasteiger partial charge in [0.05, 0.1) is 37.1 Å². The van der Waals surface area contributed by atoms with E-state index in [4.69, 9.17) is 9.72 Å². The van der Waals surface area contributed by atoms with E-state index in [1.54, 1.807) is 24.3 Å². The third-order valence-electron chi connectivity index (χ3n) is 6.62. The number of aromatic nitrogens is 4. The van der Waals surface area contributed by atoms with Crippen molar-refractivity contribution in [2.45, 2.75) is 30.7 Å². The molecule has 4 atom stereocenters. The lowest BCUT2D eigenvalue weighted by Gasteiger charge is -2.45. The van der Waals surface area contributed by atoms with E-state index in [-0.39, 0.29) is 12.5 Å². The van der Waals surface area contributed by atoms with E-state index in [2.05, 4.69) is 20.3 Å². The molecule has 1 fully saturated rings. The minimum atomic E-state index is -0.983. The first-order valence-electron chi connectivity index (χ1n) is 11.8. The van der Waals surface area contributed by atoms with Gasteiger partial charge in [0.2, 0.25) is 0 Å². The van der Waals surface area contributed by atoms with Gasteiger partial charge in [0.15, 0.2) is 11.5 Å². The summed E-state index contributed by atoms with van der Waals surface area (Å²) in [4.78, 5) is 31.5. The Hall–Kier alpha value is -3.70. The van der Waals surface area contributed by atoms with Crippen molar-refractivity contribution in [1.82, 2.24) is 24.8 Å². The fraction of sp³-hybridized carbons (Fsp3) is 0.308. The van der Waals surface area contributed by atoms with Crippen LogP contribution in [0.25, 0.3) is 11.2 Å². The van der Waals surface area contributed by atoms with Crippen molar-refractivity contribution in [2.75, 3.05) is 25.6 Å². The van der Waals surface area contributed by atoms with Crippen LogP contribution in [0.1, 0.15) is 27.7 Å². The van der Waals surface area contributed by atoms with Gasteiger partial charge in [-0.15, -0.1) is 0 Å². The summed E-state index contributed by atoms with van der Waals surface area (Å²) in [6.07, 6.45) is -0.152. The number of ether oxygens (including phenoxy) is 1. The van der Waals surface area contributed by atoms with Gasteiger partial charge in [-0.05, 0) is 17.7 Å². The first-order valence-corrected chi connectivity index (χ1v) is 11.8. The molecular formula is C26H28N6O4. The van der Waals surface area contributed by atoms with Crippen molar-refractivity contribution < 1.29 is 19.7 Å². The SMILES string of the molecule is CO[C@H]1[C@H](O)[C@@H](CO)N(Cc2ccccc2)C[C@@H]1c1nc(NC(=O)c2ccccc2)c2[nH]cnc2n1. The Morgan fingerprint density at radius 1 is 1.14 bits per heavy atom. The molecule has 0 bridgehead atoms. The van der Waals surface area contributed by atoms with Gasteiger partial charge in [-0.2, -0.15) is 0 Å². The number of anilines is 1. The molecule has 0 unspecified atom stereocenters. The standard InChI is InChI=1S/C26H28N6O4/c1-36-22-18(13-32(19(14-33)21(22)34)12-16-8-4-2-5-9-16)23-29-24-20(27-15-28-24)25(30-23)31-26(35)17-10-6-3-7-11-17/h2-11,15,18-19,21-22,33-34H,12-14H2,1H3,(H2,27,28,29,30,31,35)/t18-,19+,21+,22+/m0/s1. The molecule has 186 valence electrons. The number of nitrogens with one attached hydrogen (secondary N) is 2. The maximum absolute atomic E-state index is 12.9. The predicted molar refractivity (Wildman–Crippen MR) is 133 cm³/mol. The second kappa shape index (κ2) is 10.5. The van der Waals surface area contributed by atoms with E-state index in [0.717, 1.165) is 5.56 Å². The van der Waals surface area contributed by atoms with Gasteiger partial charge in [-0.25, -0.2) is 15.0 Å². The van der Waals surface area contributed by atoms with E-state index in [1.807, 2.05) is 41.3 Å². The van der Waals surface area contributed by atoms with Crippen LogP contribution in [0.2, 0.25) is 0 Å². The number of fused-ring (bicyclic) bond motifs is 1. The van der Waals surface area contributed by atoms with E-state index < -0.39 is 24.2 Å². The highest BCUT2D eigenvalue weighted by molar-refractivity contribution is 6.06. The lowest BCUT2D eigenvalue weighted by atomic mass is 9.86. The predicted octanol–water partition coefficient (Wildman–Crippen LogP) is 1.94. The van der Waals surface area contributed by atoms with E-state index in [0.29, 0.717) is 41.5 Å². The summed E-state index contributed by atoms with van der Waals surface area (Å²) < 4.78 is 5.70. The number of rotatable bonds is 7. The smallest absolute Gasteiger partial charge is 0.256 e. The first-order chi connectivity index (χ1) is 17.6. The molecule has 4 N–H and O–H groups in total. The molecule has 2 aromatic heterocycles. The zero-order valence-electron chi connectivity index (χ0n) is 19.8. The monoisotopic (exact) mass is 488 g/mol. The lowest BCUT2D eigenvalue weighted by molar-refractivity contribution is -0.118. The molecule has 0 saturated carbocycles. The van der Waals surface area contributed by atoms with Crippen molar-refractivity contribution in [1.29, 1.82) is 0 Å². The highest BCUT2D eigenvalue weighted by Gasteiger charge is 2.45. The Bertz CT molecular complexity index is 1320. The molecule has 1 saturated heterocycles. The molecule has 1 aliphatic heterocycles. The van der Waals surface area contributed by atoms with Crippen molar-refractivity contribution in [2.24, 2.45) is 0 Å². The number of aliphatic hydroxyl groups is 2. The van der Waals surface area contributed by atoms with Gasteiger partial charge in [-0.3, -0.25) is 9.69 Å². The fourth-order valence-corrected chi connectivity index (χ4v) is 4.80. The quantitative estimate of drug-likeness (QED) is 0.310. The van der Waals surface area contributed by atoms with Gasteiger partial charge >= 0.3 is 0 Å². The van der Waals surface area contributed by atoms with Crippen LogP contribution in [-0.4, -0.2) is 79.5 Å². The zero-order valence-corrected chi connectivity index (χ0v) is 19.8. The Kier molecular flexibility index (Phi) is 7.01. The number of hydrogen-bond donors (Lipinski definition) is 4. The second-order valence-corrected chi connectivity index (χ2v) is 8.81. The summed E-state index contributed by atoms with van der Waals surface area (Å²) in [7, 11) is 1.52. The number of hydrogen-bond acceptors (Lipinski definition) is 8. The van der Waals surface area contributed by atoms with E-state index in [9.17, 15) is 15.0 Å². The molecule has 4 aromatic rings. The highest BCUT2D eigenvalue weighted by atomic mass is 16.5. The molecule has 0 radical (unpaired) electrons. The molecule has 0 spiro atoms. The Balaban J connectivity index is 1.50. The molecule has 10 heteroatoms. The number of imidazole rings is 1. The summed E-state index contributed by atoms with van der Waals surface area (Å²) in [5.74, 6) is -0.0675. The van der Waals surface area contributed by atoms with Crippen LogP contribution in [0.3, 0.4) is 0 Å². The summed E-state index contributed by atoms with van der Waals surface area (Å²) >= 11 is 0. The maximum Gasteiger partial charge on any atom is 0.256 e. The number of aromatic amines is 1. The minimum Gasteiger partial charge on any atom is -0.395 e. The van der Waals surface area contributed by atoms with Crippen LogP contribution >= 0.6 is 0 Å². The highest BCUT2D eigenvalue weighted by Crippen LogP contribution is 2.33. The molecule has 5 rings (SSSR count). The van der Waals surface area contributed by atoms with Crippen molar-refractivity contribution in [3.05, 3.63) is 83.9 Å². The second-order valence-electron chi connectivity index (χ2n) is 8.81. The number of amides is 1. The molecule has 36 heavy (non-hydrogen) atoms. The van der Waals surface area contributed by atoms with E-state index in [1.165, 1.54) is 13.4 Å². The Morgan fingerprint density at radius 3 is 2.56 bits per heavy atom. The van der Waals surface area contributed by atoms with Gasteiger partial charge < -0.3 is 25.3 Å². The van der Waals surface area contributed by atoms with Gasteiger partial charge in [0.25, 0.3) is 5.91 Å². The van der Waals surface area contributed by atoms with Gasteiger partial charge in [0, 0.05) is 25.8 Å². The van der Waals surface area contributed by atoms with Crippen molar-refractivity contribution in [3.8, 4) is 0 Å². The van der Waals surface area contributed by atoms with Crippen LogP contribution in [0.4, 0.5) is 5.82 Å². The topological polar surface area (TPSA) is 136 Å².